The number of amides is 1. The summed E-state index contributed by atoms with van der Waals surface area (Å²) in [5, 5.41) is 20.0. The van der Waals surface area contributed by atoms with Crippen LogP contribution in [0.1, 0.15) is 9.67 Å². The minimum absolute atomic E-state index is 0.119. The van der Waals surface area contributed by atoms with Crippen molar-refractivity contribution in [2.75, 3.05) is 13.1 Å². The molecule has 1 aliphatic rings. The summed E-state index contributed by atoms with van der Waals surface area (Å²) in [6.07, 6.45) is -1.66. The van der Waals surface area contributed by atoms with Crippen LogP contribution in [0.4, 0.5) is 0 Å². The molecule has 2 atom stereocenters. The average Bonchev–Trinajstić information content (AvgIpc) is 2.93. The number of carbonyl (C=O) groups excluding carboxylic acids is 1. The molecular weight excluding hydrogens is 250 g/mol. The second kappa shape index (κ2) is 4.35. The number of aliphatic hydroxyl groups excluding tert-OH is 2. The third-order valence-electron chi connectivity index (χ3n) is 3.18. The Labute approximate surface area is 108 Å². The molecular formula is C13H13NO3S. The first-order valence-corrected chi connectivity index (χ1v) is 6.61. The highest BCUT2D eigenvalue weighted by molar-refractivity contribution is 7.20. The smallest absolute Gasteiger partial charge is 0.264 e. The number of benzene rings is 1. The number of thiophene rings is 1. The molecule has 2 heterocycles. The van der Waals surface area contributed by atoms with Crippen molar-refractivity contribution in [3.05, 3.63) is 35.2 Å². The summed E-state index contributed by atoms with van der Waals surface area (Å²) >= 11 is 1.44. The zero-order chi connectivity index (χ0) is 12.7. The summed E-state index contributed by atoms with van der Waals surface area (Å²) in [6.45, 7) is 0.405. The quantitative estimate of drug-likeness (QED) is 0.809. The van der Waals surface area contributed by atoms with Crippen LogP contribution in [0.5, 0.6) is 0 Å². The molecule has 2 aromatic rings. The van der Waals surface area contributed by atoms with Gasteiger partial charge in [-0.25, -0.2) is 0 Å². The van der Waals surface area contributed by atoms with E-state index in [0.717, 1.165) is 10.1 Å². The maximum atomic E-state index is 12.2. The lowest BCUT2D eigenvalue weighted by atomic mass is 10.2. The van der Waals surface area contributed by atoms with Crippen molar-refractivity contribution in [2.45, 2.75) is 12.2 Å². The zero-order valence-electron chi connectivity index (χ0n) is 9.61. The Morgan fingerprint density at radius 3 is 2.56 bits per heavy atom. The largest absolute Gasteiger partial charge is 0.388 e. The molecule has 1 aromatic carbocycles. The van der Waals surface area contributed by atoms with E-state index in [-0.39, 0.29) is 19.0 Å². The van der Waals surface area contributed by atoms with Gasteiger partial charge in [0, 0.05) is 17.8 Å². The fourth-order valence-electron chi connectivity index (χ4n) is 2.18. The lowest BCUT2D eigenvalue weighted by Gasteiger charge is -2.13. The van der Waals surface area contributed by atoms with Crippen LogP contribution in [0.2, 0.25) is 0 Å². The summed E-state index contributed by atoms with van der Waals surface area (Å²) in [5.41, 5.74) is 0. The summed E-state index contributed by atoms with van der Waals surface area (Å²) in [7, 11) is 0. The van der Waals surface area contributed by atoms with E-state index in [2.05, 4.69) is 0 Å². The Balaban J connectivity index is 1.88. The van der Waals surface area contributed by atoms with Crippen molar-refractivity contribution in [1.29, 1.82) is 0 Å². The molecule has 94 valence electrons. The van der Waals surface area contributed by atoms with Crippen LogP contribution in [0.15, 0.2) is 30.3 Å². The number of aliphatic hydroxyl groups is 2. The van der Waals surface area contributed by atoms with E-state index < -0.39 is 12.2 Å². The van der Waals surface area contributed by atoms with Gasteiger partial charge in [0.1, 0.15) is 0 Å². The highest BCUT2D eigenvalue weighted by Crippen LogP contribution is 2.27. The summed E-state index contributed by atoms with van der Waals surface area (Å²) in [5.74, 6) is -0.119. The van der Waals surface area contributed by atoms with Crippen LogP contribution in [0.3, 0.4) is 0 Å². The SMILES string of the molecule is O=C(c1cc2ccccc2s1)N1C[C@@H](O)[C@@H](O)C1. The molecule has 1 saturated heterocycles. The molecule has 2 N–H and O–H groups in total. The van der Waals surface area contributed by atoms with Gasteiger partial charge in [0.2, 0.25) is 0 Å². The number of likely N-dealkylation sites (tertiary alicyclic amines) is 1. The van der Waals surface area contributed by atoms with Crippen LogP contribution in [0.25, 0.3) is 10.1 Å². The van der Waals surface area contributed by atoms with Crippen molar-refractivity contribution in [1.82, 2.24) is 4.90 Å². The number of nitrogens with zero attached hydrogens (tertiary/aromatic N) is 1. The van der Waals surface area contributed by atoms with E-state index in [4.69, 9.17) is 0 Å². The van der Waals surface area contributed by atoms with Crippen molar-refractivity contribution in [2.24, 2.45) is 0 Å². The van der Waals surface area contributed by atoms with Gasteiger partial charge in [0.15, 0.2) is 0 Å². The number of hydrogen-bond donors (Lipinski definition) is 2. The van der Waals surface area contributed by atoms with E-state index in [1.807, 2.05) is 30.3 Å². The first kappa shape index (κ1) is 11.6. The van der Waals surface area contributed by atoms with E-state index in [1.165, 1.54) is 16.2 Å². The van der Waals surface area contributed by atoms with Crippen molar-refractivity contribution >= 4 is 27.3 Å². The molecule has 0 bridgehead atoms. The van der Waals surface area contributed by atoms with Gasteiger partial charge >= 0.3 is 0 Å². The van der Waals surface area contributed by atoms with Crippen LogP contribution in [0, 0.1) is 0 Å². The number of fused-ring (bicyclic) bond motifs is 1. The molecule has 1 fully saturated rings. The van der Waals surface area contributed by atoms with Crippen LogP contribution in [-0.4, -0.2) is 46.3 Å². The molecule has 18 heavy (non-hydrogen) atoms. The van der Waals surface area contributed by atoms with Crippen molar-refractivity contribution in [3.63, 3.8) is 0 Å². The molecule has 5 heteroatoms. The predicted octanol–water partition coefficient (Wildman–Crippen LogP) is 1.08. The molecule has 0 aliphatic carbocycles. The van der Waals surface area contributed by atoms with Crippen LogP contribution >= 0.6 is 11.3 Å². The lowest BCUT2D eigenvalue weighted by molar-refractivity contribution is 0.0572. The maximum absolute atomic E-state index is 12.2. The Morgan fingerprint density at radius 2 is 1.89 bits per heavy atom. The van der Waals surface area contributed by atoms with Crippen molar-refractivity contribution < 1.29 is 15.0 Å². The van der Waals surface area contributed by atoms with Crippen LogP contribution < -0.4 is 0 Å². The third-order valence-corrected chi connectivity index (χ3v) is 4.29. The maximum Gasteiger partial charge on any atom is 0.264 e. The number of carbonyl (C=O) groups is 1. The summed E-state index contributed by atoms with van der Waals surface area (Å²) < 4.78 is 1.07. The first-order valence-electron chi connectivity index (χ1n) is 5.79. The second-order valence-electron chi connectivity index (χ2n) is 4.49. The fraction of sp³-hybridized carbons (Fsp3) is 0.308. The van der Waals surface area contributed by atoms with Gasteiger partial charge in [-0.2, -0.15) is 0 Å². The number of hydrogen-bond acceptors (Lipinski definition) is 4. The zero-order valence-corrected chi connectivity index (χ0v) is 10.4. The first-order chi connectivity index (χ1) is 8.65. The van der Waals surface area contributed by atoms with Gasteiger partial charge in [-0.15, -0.1) is 11.3 Å². The molecule has 1 amide bonds. The molecule has 0 saturated carbocycles. The predicted molar refractivity (Wildman–Crippen MR) is 69.7 cm³/mol. The van der Waals surface area contributed by atoms with Gasteiger partial charge in [-0.05, 0) is 17.5 Å². The standard InChI is InChI=1S/C13H13NO3S/c15-9-6-14(7-10(9)16)13(17)12-5-8-3-1-2-4-11(8)18-12/h1-5,9-10,15-16H,6-7H2/t9-,10+. The van der Waals surface area contributed by atoms with E-state index >= 15 is 0 Å². The minimum atomic E-state index is -0.830. The lowest BCUT2D eigenvalue weighted by Crippen LogP contribution is -2.29. The highest BCUT2D eigenvalue weighted by atomic mass is 32.1. The van der Waals surface area contributed by atoms with Crippen LogP contribution in [-0.2, 0) is 0 Å². The molecule has 1 aromatic heterocycles. The number of β-amino-alcohol motifs (C(OH)–C–C–N with tert-alkyl or cyclic N) is 2. The second-order valence-corrected chi connectivity index (χ2v) is 5.58. The fourth-order valence-corrected chi connectivity index (χ4v) is 3.21. The summed E-state index contributed by atoms with van der Waals surface area (Å²) in [4.78, 5) is 14.4. The van der Waals surface area contributed by atoms with Gasteiger partial charge in [0.25, 0.3) is 5.91 Å². The Morgan fingerprint density at radius 1 is 1.22 bits per heavy atom. The van der Waals surface area contributed by atoms with E-state index in [9.17, 15) is 15.0 Å². The monoisotopic (exact) mass is 263 g/mol. The summed E-state index contributed by atoms with van der Waals surface area (Å²) in [6, 6.07) is 9.68. The Kier molecular flexibility index (Phi) is 2.81. The minimum Gasteiger partial charge on any atom is -0.388 e. The van der Waals surface area contributed by atoms with Gasteiger partial charge in [-0.1, -0.05) is 18.2 Å². The Bertz CT molecular complexity index is 552. The van der Waals surface area contributed by atoms with Gasteiger partial charge < -0.3 is 15.1 Å². The normalized spacial score (nSPS) is 23.8. The molecule has 0 unspecified atom stereocenters. The highest BCUT2D eigenvalue weighted by Gasteiger charge is 2.33. The Hall–Kier alpha value is -1.43. The van der Waals surface area contributed by atoms with Crippen molar-refractivity contribution in [3.8, 4) is 0 Å². The van der Waals surface area contributed by atoms with Gasteiger partial charge in [-0.3, -0.25) is 4.79 Å². The molecule has 4 nitrogen and oxygen atoms in total. The number of rotatable bonds is 1. The van der Waals surface area contributed by atoms with E-state index in [0.29, 0.717) is 4.88 Å². The third kappa shape index (κ3) is 1.90. The topological polar surface area (TPSA) is 60.8 Å². The molecule has 0 spiro atoms. The van der Waals surface area contributed by atoms with E-state index in [1.54, 1.807) is 0 Å². The molecule has 1 aliphatic heterocycles. The average molecular weight is 263 g/mol. The van der Waals surface area contributed by atoms with Gasteiger partial charge in [0.05, 0.1) is 17.1 Å². The molecule has 0 radical (unpaired) electrons. The molecule has 3 rings (SSSR count).